The molecule has 0 N–H and O–H groups in total. The largest absolute Gasteiger partial charge is 0.494 e. The molecule has 0 atom stereocenters. The third-order valence-electron chi connectivity index (χ3n) is 7.61. The summed E-state index contributed by atoms with van der Waals surface area (Å²) in [4.78, 5) is 30.1. The van der Waals surface area contributed by atoms with Crippen LogP contribution in [0.5, 0.6) is 5.75 Å². The molecule has 0 aliphatic carbocycles. The lowest BCUT2D eigenvalue weighted by Crippen LogP contribution is -2.46. The molecule has 220 valence electrons. The Morgan fingerprint density at radius 2 is 1.85 bits per heavy atom. The van der Waals surface area contributed by atoms with Gasteiger partial charge in [0.1, 0.15) is 12.0 Å². The standard InChI is InChI=1S/C31H43Cl2N3O4/c1-5-31(2,3)30(38)40-23-34(4)28-22-25(14-13-24(28)10-9-20-37)39-21-7-6-15-35-16-18-36(19-17-35)27-12-8-11-26(32)29(27)33/h8,11-14,20,22H,5-7,9-10,15-19,21,23H2,1-4H3. The average Bonchev–Trinajstić information content (AvgIpc) is 2.96. The molecule has 0 bridgehead atoms. The molecule has 0 spiro atoms. The van der Waals surface area contributed by atoms with E-state index < -0.39 is 5.41 Å². The minimum atomic E-state index is -0.524. The second-order valence-corrected chi connectivity index (χ2v) is 11.7. The zero-order chi connectivity index (χ0) is 29.1. The van der Waals surface area contributed by atoms with Crippen molar-refractivity contribution in [2.45, 2.75) is 52.9 Å². The van der Waals surface area contributed by atoms with E-state index in [1.807, 2.05) is 69.1 Å². The van der Waals surface area contributed by atoms with Gasteiger partial charge >= 0.3 is 5.97 Å². The van der Waals surface area contributed by atoms with Crippen molar-refractivity contribution in [3.8, 4) is 5.75 Å². The van der Waals surface area contributed by atoms with Crippen LogP contribution in [0.25, 0.3) is 0 Å². The molecule has 2 aromatic carbocycles. The molecule has 40 heavy (non-hydrogen) atoms. The number of carbonyl (C=O) groups excluding carboxylic acids is 2. The number of hydrogen-bond donors (Lipinski definition) is 0. The summed E-state index contributed by atoms with van der Waals surface area (Å²) in [6.07, 6.45) is 4.67. The first-order valence-electron chi connectivity index (χ1n) is 14.1. The van der Waals surface area contributed by atoms with Gasteiger partial charge in [-0.2, -0.15) is 0 Å². The van der Waals surface area contributed by atoms with Gasteiger partial charge in [0.15, 0.2) is 6.73 Å². The molecule has 1 heterocycles. The van der Waals surface area contributed by atoms with Crippen molar-refractivity contribution >= 4 is 46.8 Å². The molecule has 0 saturated carbocycles. The summed E-state index contributed by atoms with van der Waals surface area (Å²) in [6.45, 7) is 11.4. The van der Waals surface area contributed by atoms with Gasteiger partial charge in [-0.3, -0.25) is 9.69 Å². The van der Waals surface area contributed by atoms with Gasteiger partial charge in [0.2, 0.25) is 0 Å². The molecular weight excluding hydrogens is 549 g/mol. The summed E-state index contributed by atoms with van der Waals surface area (Å²) >= 11 is 12.6. The van der Waals surface area contributed by atoms with E-state index >= 15 is 0 Å². The van der Waals surface area contributed by atoms with Gasteiger partial charge in [0, 0.05) is 51.4 Å². The molecule has 0 unspecified atom stereocenters. The van der Waals surface area contributed by atoms with Crippen LogP contribution in [-0.2, 0) is 20.7 Å². The number of aryl methyl sites for hydroxylation is 1. The highest BCUT2D eigenvalue weighted by molar-refractivity contribution is 6.43. The first-order chi connectivity index (χ1) is 19.2. The lowest BCUT2D eigenvalue weighted by molar-refractivity contribution is -0.154. The molecule has 1 saturated heterocycles. The number of nitrogens with zero attached hydrogens (tertiary/aromatic N) is 3. The Kier molecular flexibility index (Phi) is 12.4. The molecule has 9 heteroatoms. The summed E-state index contributed by atoms with van der Waals surface area (Å²) in [5, 5.41) is 1.22. The monoisotopic (exact) mass is 591 g/mol. The van der Waals surface area contributed by atoms with Crippen LogP contribution >= 0.6 is 23.2 Å². The highest BCUT2D eigenvalue weighted by atomic mass is 35.5. The van der Waals surface area contributed by atoms with Crippen molar-refractivity contribution in [2.75, 3.05) is 62.9 Å². The van der Waals surface area contributed by atoms with Gasteiger partial charge in [0.05, 0.1) is 27.8 Å². The van der Waals surface area contributed by atoms with Crippen LogP contribution in [0.2, 0.25) is 10.0 Å². The Hall–Kier alpha value is -2.48. The Labute approximate surface area is 249 Å². The van der Waals surface area contributed by atoms with E-state index in [1.165, 1.54) is 0 Å². The fourth-order valence-electron chi connectivity index (χ4n) is 4.56. The maximum absolute atomic E-state index is 12.4. The number of unbranched alkanes of at least 4 members (excludes halogenated alkanes) is 1. The molecule has 1 fully saturated rings. The van der Waals surface area contributed by atoms with E-state index in [0.717, 1.165) is 74.5 Å². The molecule has 7 nitrogen and oxygen atoms in total. The van der Waals surface area contributed by atoms with Crippen molar-refractivity contribution in [3.05, 3.63) is 52.0 Å². The van der Waals surface area contributed by atoms with Gasteiger partial charge < -0.3 is 24.1 Å². The summed E-state index contributed by atoms with van der Waals surface area (Å²) in [6, 6.07) is 11.7. The lowest BCUT2D eigenvalue weighted by Gasteiger charge is -2.36. The Bertz CT molecular complexity index is 1120. The van der Waals surface area contributed by atoms with E-state index in [-0.39, 0.29) is 12.7 Å². The highest BCUT2D eigenvalue weighted by Gasteiger charge is 2.27. The van der Waals surface area contributed by atoms with Crippen LogP contribution in [0.15, 0.2) is 36.4 Å². The van der Waals surface area contributed by atoms with Crippen LogP contribution in [0.4, 0.5) is 11.4 Å². The Morgan fingerprint density at radius 3 is 2.55 bits per heavy atom. The van der Waals surface area contributed by atoms with Crippen molar-refractivity contribution in [3.63, 3.8) is 0 Å². The number of piperazine rings is 1. The molecule has 1 aliphatic heterocycles. The molecule has 0 radical (unpaired) electrons. The smallest absolute Gasteiger partial charge is 0.313 e. The number of rotatable bonds is 15. The van der Waals surface area contributed by atoms with E-state index in [2.05, 4.69) is 9.80 Å². The zero-order valence-electron chi connectivity index (χ0n) is 24.3. The maximum atomic E-state index is 12.4. The molecular formula is C31H43Cl2N3O4. The molecule has 3 rings (SSSR count). The van der Waals surface area contributed by atoms with Crippen molar-refractivity contribution < 1.29 is 19.1 Å². The first-order valence-corrected chi connectivity index (χ1v) is 14.9. The molecule has 2 aromatic rings. The van der Waals surface area contributed by atoms with Crippen molar-refractivity contribution in [1.82, 2.24) is 4.90 Å². The number of carbonyl (C=O) groups is 2. The summed E-state index contributed by atoms with van der Waals surface area (Å²) in [5.74, 6) is 0.544. The van der Waals surface area contributed by atoms with Gasteiger partial charge in [-0.1, -0.05) is 42.3 Å². The number of aldehydes is 1. The number of halogens is 2. The second kappa shape index (κ2) is 15.5. The number of hydrogen-bond acceptors (Lipinski definition) is 7. The number of ether oxygens (including phenoxy) is 2. The summed E-state index contributed by atoms with van der Waals surface area (Å²) < 4.78 is 11.7. The Balaban J connectivity index is 1.45. The quantitative estimate of drug-likeness (QED) is 0.102. The summed E-state index contributed by atoms with van der Waals surface area (Å²) in [7, 11) is 1.88. The van der Waals surface area contributed by atoms with E-state index in [1.54, 1.807) is 0 Å². The van der Waals surface area contributed by atoms with Gasteiger partial charge in [-0.15, -0.1) is 0 Å². The third-order valence-corrected chi connectivity index (χ3v) is 8.42. The van der Waals surface area contributed by atoms with Crippen molar-refractivity contribution in [1.29, 1.82) is 0 Å². The predicted octanol–water partition coefficient (Wildman–Crippen LogP) is 6.48. The number of anilines is 2. The zero-order valence-corrected chi connectivity index (χ0v) is 25.8. The minimum absolute atomic E-state index is 0.136. The normalized spacial score (nSPS) is 14.2. The van der Waals surface area contributed by atoms with Gasteiger partial charge in [-0.25, -0.2) is 0 Å². The number of benzene rings is 2. The average molecular weight is 593 g/mol. The van der Waals surface area contributed by atoms with Gasteiger partial charge in [-0.05, 0) is 69.8 Å². The molecule has 0 aromatic heterocycles. The van der Waals surface area contributed by atoms with Crippen LogP contribution in [-0.4, -0.2) is 70.3 Å². The minimum Gasteiger partial charge on any atom is -0.494 e. The molecule has 1 aliphatic rings. The van der Waals surface area contributed by atoms with Crippen LogP contribution in [0.3, 0.4) is 0 Å². The SMILES string of the molecule is CCC(C)(C)C(=O)OCN(C)c1cc(OCCCCN2CCN(c3cccc(Cl)c3Cl)CC2)ccc1CCC=O. The van der Waals surface area contributed by atoms with E-state index in [0.29, 0.717) is 35.9 Å². The Morgan fingerprint density at radius 1 is 1.10 bits per heavy atom. The third kappa shape index (κ3) is 9.02. The van der Waals surface area contributed by atoms with Gasteiger partial charge in [0.25, 0.3) is 0 Å². The summed E-state index contributed by atoms with van der Waals surface area (Å²) in [5.41, 5.74) is 2.40. The highest BCUT2D eigenvalue weighted by Crippen LogP contribution is 2.33. The molecule has 0 amide bonds. The van der Waals surface area contributed by atoms with Crippen molar-refractivity contribution in [2.24, 2.45) is 5.41 Å². The number of esters is 1. The predicted molar refractivity (Wildman–Crippen MR) is 164 cm³/mol. The second-order valence-electron chi connectivity index (χ2n) is 10.9. The van der Waals surface area contributed by atoms with E-state index in [4.69, 9.17) is 32.7 Å². The van der Waals surface area contributed by atoms with Crippen LogP contribution in [0, 0.1) is 5.41 Å². The van der Waals surface area contributed by atoms with Crippen LogP contribution < -0.4 is 14.5 Å². The maximum Gasteiger partial charge on any atom is 0.313 e. The fourth-order valence-corrected chi connectivity index (χ4v) is 4.97. The van der Waals surface area contributed by atoms with E-state index in [9.17, 15) is 9.59 Å². The fraction of sp³-hybridized carbons (Fsp3) is 0.548. The topological polar surface area (TPSA) is 62.3 Å². The van der Waals surface area contributed by atoms with Crippen LogP contribution in [0.1, 0.15) is 52.0 Å². The lowest BCUT2D eigenvalue weighted by atomic mass is 9.91. The first kappa shape index (κ1) is 32.0.